The van der Waals surface area contributed by atoms with Crippen LogP contribution in [0, 0.1) is 0 Å². The molecule has 3 heterocycles. The lowest BCUT2D eigenvalue weighted by molar-refractivity contribution is -0.137. The highest BCUT2D eigenvalue weighted by Crippen LogP contribution is 2.40. The Balaban J connectivity index is 1.50. The van der Waals surface area contributed by atoms with E-state index in [1.807, 2.05) is 0 Å². The van der Waals surface area contributed by atoms with Gasteiger partial charge in [-0.05, 0) is 30.3 Å². The van der Waals surface area contributed by atoms with Gasteiger partial charge in [-0.2, -0.15) is 18.3 Å². The molecular formula is C22H18F3N5O2. The van der Waals surface area contributed by atoms with E-state index in [0.717, 1.165) is 22.9 Å². The number of rotatable bonds is 2. The van der Waals surface area contributed by atoms with Crippen LogP contribution in [0.3, 0.4) is 0 Å². The molecule has 7 nitrogen and oxygen atoms in total. The Bertz CT molecular complexity index is 1400. The van der Waals surface area contributed by atoms with E-state index >= 15 is 0 Å². The number of halogens is 3. The SMILES string of the molecule is CN(C(=O)c1ccc2nc(N)c3c(cnn3C)c2c1)C1COc2cc(C(F)(F)F)ccc21. The van der Waals surface area contributed by atoms with Gasteiger partial charge in [-0.15, -0.1) is 0 Å². The first-order valence-electron chi connectivity index (χ1n) is 9.77. The van der Waals surface area contributed by atoms with Crippen molar-refractivity contribution in [2.75, 3.05) is 19.4 Å². The van der Waals surface area contributed by atoms with Crippen LogP contribution in [0.15, 0.2) is 42.6 Å². The summed E-state index contributed by atoms with van der Waals surface area (Å²) >= 11 is 0. The van der Waals surface area contributed by atoms with Crippen LogP contribution < -0.4 is 10.5 Å². The number of pyridine rings is 1. The number of hydrogen-bond donors (Lipinski definition) is 1. The number of fused-ring (bicyclic) bond motifs is 4. The number of benzene rings is 2. The standard InChI is InChI=1S/C22H18F3N5O2/c1-29(17-10-32-18-8-12(22(23,24)25)4-5-13(17)18)21(31)11-3-6-16-14(7-11)15-9-27-30(2)19(15)20(26)28-16/h3-9,17H,10H2,1-2H3,(H2,26,28). The van der Waals surface area contributed by atoms with Crippen LogP contribution in [0.2, 0.25) is 0 Å². The van der Waals surface area contributed by atoms with E-state index in [1.165, 1.54) is 11.0 Å². The minimum absolute atomic E-state index is 0.0808. The van der Waals surface area contributed by atoms with E-state index < -0.39 is 17.8 Å². The van der Waals surface area contributed by atoms with Gasteiger partial charge in [-0.1, -0.05) is 6.07 Å². The van der Waals surface area contributed by atoms with Gasteiger partial charge in [0.2, 0.25) is 0 Å². The first kappa shape index (κ1) is 20.1. The largest absolute Gasteiger partial charge is 0.491 e. The maximum atomic E-state index is 13.2. The fourth-order valence-electron chi connectivity index (χ4n) is 4.14. The van der Waals surface area contributed by atoms with Crippen molar-refractivity contribution in [3.05, 3.63) is 59.3 Å². The van der Waals surface area contributed by atoms with Crippen molar-refractivity contribution < 1.29 is 22.7 Å². The number of nitrogens with two attached hydrogens (primary N) is 1. The van der Waals surface area contributed by atoms with Crippen molar-refractivity contribution in [3.63, 3.8) is 0 Å². The van der Waals surface area contributed by atoms with Crippen molar-refractivity contribution in [1.82, 2.24) is 19.7 Å². The predicted molar refractivity (Wildman–Crippen MR) is 112 cm³/mol. The molecule has 1 unspecified atom stereocenters. The van der Waals surface area contributed by atoms with Gasteiger partial charge in [0.05, 0.1) is 23.3 Å². The molecule has 164 valence electrons. The summed E-state index contributed by atoms with van der Waals surface area (Å²) in [7, 11) is 3.37. The second-order valence-corrected chi connectivity index (χ2v) is 7.75. The third kappa shape index (κ3) is 3.02. The average Bonchev–Trinajstić information content (AvgIpc) is 3.35. The molecule has 5 rings (SSSR count). The van der Waals surface area contributed by atoms with Crippen molar-refractivity contribution >= 4 is 33.5 Å². The Kier molecular flexibility index (Phi) is 4.30. The molecule has 0 saturated heterocycles. The van der Waals surface area contributed by atoms with Crippen molar-refractivity contribution in [2.45, 2.75) is 12.2 Å². The van der Waals surface area contributed by atoms with E-state index in [0.29, 0.717) is 28.0 Å². The highest BCUT2D eigenvalue weighted by atomic mass is 19.4. The van der Waals surface area contributed by atoms with Gasteiger partial charge >= 0.3 is 6.18 Å². The lowest BCUT2D eigenvalue weighted by Gasteiger charge is -2.24. The van der Waals surface area contributed by atoms with Crippen molar-refractivity contribution in [1.29, 1.82) is 0 Å². The Morgan fingerprint density at radius 2 is 2.00 bits per heavy atom. The number of amides is 1. The fourth-order valence-corrected chi connectivity index (χ4v) is 4.14. The zero-order valence-corrected chi connectivity index (χ0v) is 17.1. The lowest BCUT2D eigenvalue weighted by Crippen LogP contribution is -2.32. The number of ether oxygens (including phenoxy) is 1. The number of aryl methyl sites for hydroxylation is 1. The number of nitrogen functional groups attached to an aromatic ring is 1. The summed E-state index contributed by atoms with van der Waals surface area (Å²) in [5.41, 5.74) is 7.53. The molecule has 0 fully saturated rings. The smallest absolute Gasteiger partial charge is 0.416 e. The molecule has 0 aliphatic carbocycles. The third-order valence-electron chi connectivity index (χ3n) is 5.84. The molecule has 1 aliphatic rings. The Morgan fingerprint density at radius 1 is 1.22 bits per heavy atom. The van der Waals surface area contributed by atoms with E-state index in [-0.39, 0.29) is 18.3 Å². The number of likely N-dealkylation sites (N-methyl/N-ethyl adjacent to an activating group) is 1. The molecule has 1 aliphatic heterocycles. The molecule has 2 aromatic heterocycles. The van der Waals surface area contributed by atoms with Crippen LogP contribution in [0.25, 0.3) is 21.8 Å². The molecule has 10 heteroatoms. The summed E-state index contributed by atoms with van der Waals surface area (Å²) < 4.78 is 46.1. The van der Waals surface area contributed by atoms with Crippen LogP contribution in [-0.2, 0) is 13.2 Å². The number of carbonyl (C=O) groups excluding carboxylic acids is 1. The minimum atomic E-state index is -4.46. The monoisotopic (exact) mass is 441 g/mol. The fraction of sp³-hybridized carbons (Fsp3) is 0.227. The van der Waals surface area contributed by atoms with E-state index in [9.17, 15) is 18.0 Å². The Labute approximate surface area is 180 Å². The second kappa shape index (κ2) is 6.84. The third-order valence-corrected chi connectivity index (χ3v) is 5.84. The molecular weight excluding hydrogens is 423 g/mol. The molecule has 32 heavy (non-hydrogen) atoms. The maximum Gasteiger partial charge on any atom is 0.416 e. The summed E-state index contributed by atoms with van der Waals surface area (Å²) in [6.07, 6.45) is -2.79. The van der Waals surface area contributed by atoms with Gasteiger partial charge in [0.15, 0.2) is 0 Å². The molecule has 0 radical (unpaired) electrons. The molecule has 0 spiro atoms. The zero-order chi connectivity index (χ0) is 22.8. The second-order valence-electron chi connectivity index (χ2n) is 7.75. The number of alkyl halides is 3. The summed E-state index contributed by atoms with van der Waals surface area (Å²) in [5.74, 6) is 0.198. The van der Waals surface area contributed by atoms with E-state index in [2.05, 4.69) is 10.1 Å². The molecule has 1 atom stereocenters. The zero-order valence-electron chi connectivity index (χ0n) is 17.1. The van der Waals surface area contributed by atoms with E-state index in [1.54, 1.807) is 43.2 Å². The number of hydrogen-bond acceptors (Lipinski definition) is 5. The number of anilines is 1. The average molecular weight is 441 g/mol. The summed E-state index contributed by atoms with van der Waals surface area (Å²) in [6.45, 7) is 0.0808. The van der Waals surface area contributed by atoms with Gasteiger partial charge in [0, 0.05) is 36.0 Å². The van der Waals surface area contributed by atoms with E-state index in [4.69, 9.17) is 10.5 Å². The quantitative estimate of drug-likeness (QED) is 0.510. The Hall–Kier alpha value is -3.82. The van der Waals surface area contributed by atoms with Gasteiger partial charge in [0.25, 0.3) is 5.91 Å². The molecule has 2 aromatic carbocycles. The molecule has 4 aromatic rings. The summed E-state index contributed by atoms with van der Waals surface area (Å²) in [4.78, 5) is 19.1. The molecule has 0 saturated carbocycles. The lowest BCUT2D eigenvalue weighted by atomic mass is 10.0. The first-order valence-corrected chi connectivity index (χ1v) is 9.77. The van der Waals surface area contributed by atoms with Crippen LogP contribution in [0.5, 0.6) is 5.75 Å². The van der Waals surface area contributed by atoms with Crippen molar-refractivity contribution in [3.8, 4) is 5.75 Å². The van der Waals surface area contributed by atoms with Gasteiger partial charge in [-0.3, -0.25) is 9.48 Å². The highest BCUT2D eigenvalue weighted by molar-refractivity contribution is 6.10. The maximum absolute atomic E-state index is 13.2. The summed E-state index contributed by atoms with van der Waals surface area (Å²) in [6, 6.07) is 7.94. The molecule has 0 bridgehead atoms. The minimum Gasteiger partial charge on any atom is -0.491 e. The summed E-state index contributed by atoms with van der Waals surface area (Å²) in [5, 5.41) is 5.75. The predicted octanol–water partition coefficient (Wildman–Crippen LogP) is 3.93. The highest BCUT2D eigenvalue weighted by Gasteiger charge is 2.36. The molecule has 2 N–H and O–H groups in total. The van der Waals surface area contributed by atoms with Gasteiger partial charge in [-0.25, -0.2) is 4.98 Å². The normalized spacial score (nSPS) is 15.7. The van der Waals surface area contributed by atoms with Crippen LogP contribution in [0.1, 0.15) is 27.5 Å². The van der Waals surface area contributed by atoms with Crippen LogP contribution in [0.4, 0.5) is 19.0 Å². The Morgan fingerprint density at radius 3 is 2.75 bits per heavy atom. The topological polar surface area (TPSA) is 86.3 Å². The molecule has 1 amide bonds. The number of aromatic nitrogens is 3. The van der Waals surface area contributed by atoms with Crippen LogP contribution >= 0.6 is 0 Å². The van der Waals surface area contributed by atoms with Gasteiger partial charge < -0.3 is 15.4 Å². The number of carbonyl (C=O) groups is 1. The number of nitrogens with zero attached hydrogens (tertiary/aromatic N) is 4. The van der Waals surface area contributed by atoms with Crippen LogP contribution in [-0.4, -0.2) is 39.2 Å². The first-order chi connectivity index (χ1) is 15.1. The van der Waals surface area contributed by atoms with Crippen molar-refractivity contribution in [2.24, 2.45) is 7.05 Å². The van der Waals surface area contributed by atoms with Gasteiger partial charge in [0.1, 0.15) is 23.7 Å².